The van der Waals surface area contributed by atoms with Crippen molar-refractivity contribution < 1.29 is 19.1 Å². The molecular weight excluding hydrogens is 526 g/mol. The number of aryl methyl sites for hydroxylation is 2. The second-order valence-electron chi connectivity index (χ2n) is 11.4. The number of nitrogens with one attached hydrogen (secondary N) is 2. The Labute approximate surface area is 245 Å². The summed E-state index contributed by atoms with van der Waals surface area (Å²) in [6, 6.07) is 9.34. The number of anilines is 1. The molecule has 0 saturated heterocycles. The summed E-state index contributed by atoms with van der Waals surface area (Å²) in [5, 5.41) is 6.09. The number of ether oxygens (including phenoxy) is 1. The number of hydrogen-bond donors (Lipinski definition) is 2. The van der Waals surface area contributed by atoms with Gasteiger partial charge in [-0.15, -0.1) is 0 Å². The number of alkyl carbamates (subject to hydrolysis) is 1. The van der Waals surface area contributed by atoms with Gasteiger partial charge in [-0.2, -0.15) is 0 Å². The smallest absolute Gasteiger partial charge is 0.408 e. The van der Waals surface area contributed by atoms with Gasteiger partial charge in [0.15, 0.2) is 0 Å². The molecule has 0 fully saturated rings. The number of para-hydroxylation sites is 1. The quantitative estimate of drug-likeness (QED) is 0.256. The van der Waals surface area contributed by atoms with Crippen LogP contribution in [-0.2, 0) is 14.3 Å². The second kappa shape index (κ2) is 15.1. The molecule has 2 atom stereocenters. The summed E-state index contributed by atoms with van der Waals surface area (Å²) in [6.07, 6.45) is 4.22. The molecule has 7 nitrogen and oxygen atoms in total. The fourth-order valence-electron chi connectivity index (χ4n) is 4.55. The van der Waals surface area contributed by atoms with E-state index in [9.17, 15) is 14.4 Å². The van der Waals surface area contributed by atoms with Gasteiger partial charge in [0.05, 0.1) is 10.7 Å². The van der Waals surface area contributed by atoms with E-state index in [1.807, 2.05) is 51.1 Å². The lowest BCUT2D eigenvalue weighted by molar-refractivity contribution is -0.140. The molecule has 220 valence electrons. The monoisotopic (exact) mass is 571 g/mol. The van der Waals surface area contributed by atoms with E-state index >= 15 is 0 Å². The van der Waals surface area contributed by atoms with Crippen LogP contribution >= 0.6 is 11.6 Å². The highest BCUT2D eigenvalue weighted by molar-refractivity contribution is 6.34. The van der Waals surface area contributed by atoms with Crippen molar-refractivity contribution in [3.05, 3.63) is 63.7 Å². The molecule has 0 spiro atoms. The number of hydrogen-bond acceptors (Lipinski definition) is 4. The van der Waals surface area contributed by atoms with E-state index in [0.717, 1.165) is 54.4 Å². The van der Waals surface area contributed by atoms with Crippen molar-refractivity contribution in [3.8, 4) is 0 Å². The molecule has 0 heterocycles. The Morgan fingerprint density at radius 3 is 2.20 bits per heavy atom. The van der Waals surface area contributed by atoms with Crippen LogP contribution in [0, 0.1) is 20.8 Å². The molecule has 0 aliphatic carbocycles. The molecule has 0 aliphatic rings. The minimum Gasteiger partial charge on any atom is -0.444 e. The average molecular weight is 572 g/mol. The largest absolute Gasteiger partial charge is 0.444 e. The molecule has 0 aromatic heterocycles. The molecule has 0 radical (unpaired) electrons. The van der Waals surface area contributed by atoms with Crippen LogP contribution in [0.4, 0.5) is 10.5 Å². The molecule has 0 aliphatic heterocycles. The maximum atomic E-state index is 14.1. The molecular formula is C32H46ClN3O4. The van der Waals surface area contributed by atoms with Gasteiger partial charge in [0.2, 0.25) is 5.91 Å². The van der Waals surface area contributed by atoms with Crippen LogP contribution in [0.2, 0.25) is 5.02 Å². The van der Waals surface area contributed by atoms with Crippen LogP contribution in [0.15, 0.2) is 36.4 Å². The number of amides is 3. The third kappa shape index (κ3) is 9.54. The van der Waals surface area contributed by atoms with E-state index in [0.29, 0.717) is 17.3 Å². The van der Waals surface area contributed by atoms with Crippen molar-refractivity contribution in [1.29, 1.82) is 0 Å². The van der Waals surface area contributed by atoms with Crippen LogP contribution in [0.1, 0.15) is 95.0 Å². The zero-order chi connectivity index (χ0) is 30.0. The number of rotatable bonds is 12. The molecule has 40 heavy (non-hydrogen) atoms. The highest BCUT2D eigenvalue weighted by Gasteiger charge is 2.36. The van der Waals surface area contributed by atoms with Gasteiger partial charge < -0.3 is 20.3 Å². The minimum absolute atomic E-state index is 0.357. The molecule has 0 saturated carbocycles. The number of carbonyl (C=O) groups is 3. The van der Waals surface area contributed by atoms with Gasteiger partial charge in [0.25, 0.3) is 5.91 Å². The van der Waals surface area contributed by atoms with Gasteiger partial charge >= 0.3 is 6.09 Å². The predicted octanol–water partition coefficient (Wildman–Crippen LogP) is 7.66. The third-order valence-corrected chi connectivity index (χ3v) is 7.18. The van der Waals surface area contributed by atoms with Gasteiger partial charge in [-0.25, -0.2) is 4.79 Å². The Morgan fingerprint density at radius 1 is 0.950 bits per heavy atom. The van der Waals surface area contributed by atoms with Gasteiger partial charge in [0, 0.05) is 6.54 Å². The van der Waals surface area contributed by atoms with E-state index in [1.165, 1.54) is 0 Å². The number of unbranched alkanes of at least 4 members (excludes halogenated alkanes) is 4. The molecule has 2 aromatic rings. The first-order chi connectivity index (χ1) is 18.8. The summed E-state index contributed by atoms with van der Waals surface area (Å²) in [6.45, 7) is 15.2. The summed E-state index contributed by atoms with van der Waals surface area (Å²) in [4.78, 5) is 42.2. The first-order valence-corrected chi connectivity index (χ1v) is 14.6. The van der Waals surface area contributed by atoms with Crippen molar-refractivity contribution in [2.75, 3.05) is 11.9 Å². The topological polar surface area (TPSA) is 87.7 Å². The van der Waals surface area contributed by atoms with E-state index in [1.54, 1.807) is 38.7 Å². The van der Waals surface area contributed by atoms with Crippen LogP contribution in [0.3, 0.4) is 0 Å². The number of benzene rings is 2. The van der Waals surface area contributed by atoms with Crippen LogP contribution in [0.5, 0.6) is 0 Å². The fourth-order valence-corrected chi connectivity index (χ4v) is 4.82. The van der Waals surface area contributed by atoms with Crippen molar-refractivity contribution in [3.63, 3.8) is 0 Å². The first-order valence-electron chi connectivity index (χ1n) is 14.2. The van der Waals surface area contributed by atoms with Crippen LogP contribution < -0.4 is 10.6 Å². The number of nitrogens with zero attached hydrogens (tertiary/aromatic N) is 1. The zero-order valence-corrected chi connectivity index (χ0v) is 26.1. The third-order valence-electron chi connectivity index (χ3n) is 6.86. The fraction of sp³-hybridized carbons (Fsp3) is 0.531. The highest BCUT2D eigenvalue weighted by atomic mass is 35.5. The van der Waals surface area contributed by atoms with E-state index < -0.39 is 23.8 Å². The number of halogens is 1. The lowest BCUT2D eigenvalue weighted by Crippen LogP contribution is -2.51. The summed E-state index contributed by atoms with van der Waals surface area (Å²) in [7, 11) is 0. The van der Waals surface area contributed by atoms with Crippen molar-refractivity contribution in [2.24, 2.45) is 0 Å². The highest BCUT2D eigenvalue weighted by Crippen LogP contribution is 2.31. The molecule has 2 aromatic carbocycles. The molecule has 3 amide bonds. The van der Waals surface area contributed by atoms with Gasteiger partial charge in [-0.1, -0.05) is 74.5 Å². The average Bonchev–Trinajstić information content (AvgIpc) is 2.86. The Morgan fingerprint density at radius 2 is 1.57 bits per heavy atom. The molecule has 0 bridgehead atoms. The Hall–Kier alpha value is -3.06. The van der Waals surface area contributed by atoms with Crippen LogP contribution in [0.25, 0.3) is 0 Å². The predicted molar refractivity (Wildman–Crippen MR) is 163 cm³/mol. The molecule has 2 N–H and O–H groups in total. The Balaban J connectivity index is 2.52. The van der Waals surface area contributed by atoms with E-state index in [-0.39, 0.29) is 11.8 Å². The molecule has 2 unspecified atom stereocenters. The lowest BCUT2D eigenvalue weighted by Gasteiger charge is -2.35. The number of carbonyl (C=O) groups excluding carboxylic acids is 3. The first kappa shape index (κ1) is 33.1. The van der Waals surface area contributed by atoms with Gasteiger partial charge in [-0.3, -0.25) is 9.59 Å². The Bertz CT molecular complexity index is 1150. The second-order valence-corrected chi connectivity index (χ2v) is 11.8. The van der Waals surface area contributed by atoms with Crippen molar-refractivity contribution in [2.45, 2.75) is 105 Å². The standard InChI is InChI=1S/C32H46ClN3O4/c1-9-10-11-12-13-20-36(30(38)24(5)34-31(39)40-32(6,7)8)28(25-18-14-16-21(2)23(25)4)29(37)35-27-22(3)17-15-19-26(27)33/h14-19,24,28H,9-13,20H2,1-8H3,(H,34,39)(H,35,37). The van der Waals surface area contributed by atoms with E-state index in [4.69, 9.17) is 16.3 Å². The van der Waals surface area contributed by atoms with Crippen molar-refractivity contribution >= 4 is 35.2 Å². The van der Waals surface area contributed by atoms with Gasteiger partial charge in [0.1, 0.15) is 17.7 Å². The summed E-state index contributed by atoms with van der Waals surface area (Å²) in [5.41, 5.74) is 3.29. The summed E-state index contributed by atoms with van der Waals surface area (Å²) < 4.78 is 5.38. The maximum Gasteiger partial charge on any atom is 0.408 e. The van der Waals surface area contributed by atoms with Gasteiger partial charge in [-0.05, 0) is 83.2 Å². The maximum absolute atomic E-state index is 14.1. The minimum atomic E-state index is -0.933. The van der Waals surface area contributed by atoms with Crippen LogP contribution in [-0.4, -0.2) is 41.0 Å². The normalized spacial score (nSPS) is 12.8. The Kier molecular flexibility index (Phi) is 12.5. The van der Waals surface area contributed by atoms with Crippen molar-refractivity contribution in [1.82, 2.24) is 10.2 Å². The van der Waals surface area contributed by atoms with E-state index in [2.05, 4.69) is 17.6 Å². The SMILES string of the molecule is CCCCCCCN(C(=O)C(C)NC(=O)OC(C)(C)C)C(C(=O)Nc1c(C)cccc1Cl)c1cccc(C)c1C. The molecule has 8 heteroatoms. The molecule has 2 rings (SSSR count). The summed E-state index contributed by atoms with van der Waals surface area (Å²) >= 11 is 6.46. The lowest BCUT2D eigenvalue weighted by atomic mass is 9.94. The zero-order valence-electron chi connectivity index (χ0n) is 25.3. The summed E-state index contributed by atoms with van der Waals surface area (Å²) in [5.74, 6) is -0.727.